The largest absolute Gasteiger partial charge is 0.497 e. The number of benzene rings is 5. The SMILES string of the molecule is COc1cc(F)c(-c2c3ccccc3c(-c3c(F)c(F)c(OC)c(F)c3F)c3cccc(F)c23)c(F)c1. The molecule has 5 aromatic carbocycles. The van der Waals surface area contributed by atoms with E-state index in [0.29, 0.717) is 0 Å². The number of hydrogen-bond acceptors (Lipinski definition) is 2. The van der Waals surface area contributed by atoms with Crippen molar-refractivity contribution in [3.8, 4) is 33.8 Å². The summed E-state index contributed by atoms with van der Waals surface area (Å²) in [7, 11) is 2.05. The van der Waals surface area contributed by atoms with Gasteiger partial charge in [0.05, 0.1) is 25.3 Å². The number of ether oxygens (including phenoxy) is 2. The highest BCUT2D eigenvalue weighted by atomic mass is 19.2. The molecule has 9 heteroatoms. The summed E-state index contributed by atoms with van der Waals surface area (Å²) in [5.41, 5.74) is -2.39. The maximum Gasteiger partial charge on any atom is 0.204 e. The van der Waals surface area contributed by atoms with Crippen LogP contribution in [0, 0.1) is 40.7 Å². The average molecular weight is 516 g/mol. The lowest BCUT2D eigenvalue weighted by atomic mass is 9.85. The van der Waals surface area contributed by atoms with Gasteiger partial charge in [-0.3, -0.25) is 0 Å². The second kappa shape index (κ2) is 8.99. The highest BCUT2D eigenvalue weighted by Crippen LogP contribution is 2.48. The van der Waals surface area contributed by atoms with Crippen molar-refractivity contribution in [1.29, 1.82) is 0 Å². The fourth-order valence-corrected chi connectivity index (χ4v) is 4.63. The maximum atomic E-state index is 15.4. The van der Waals surface area contributed by atoms with Crippen LogP contribution in [0.2, 0.25) is 0 Å². The van der Waals surface area contributed by atoms with E-state index >= 15 is 22.0 Å². The van der Waals surface area contributed by atoms with E-state index in [9.17, 15) is 8.78 Å². The molecular formula is C28H15F7O2. The van der Waals surface area contributed by atoms with Gasteiger partial charge in [0, 0.05) is 28.6 Å². The molecule has 0 heterocycles. The Labute approximate surface area is 205 Å². The quantitative estimate of drug-likeness (QED) is 0.136. The zero-order valence-electron chi connectivity index (χ0n) is 19.2. The summed E-state index contributed by atoms with van der Waals surface area (Å²) in [6, 6.07) is 10.9. The smallest absolute Gasteiger partial charge is 0.204 e. The van der Waals surface area contributed by atoms with E-state index in [2.05, 4.69) is 4.74 Å². The van der Waals surface area contributed by atoms with Gasteiger partial charge in [-0.2, -0.15) is 8.78 Å². The van der Waals surface area contributed by atoms with Gasteiger partial charge in [-0.05, 0) is 22.2 Å². The van der Waals surface area contributed by atoms with Crippen LogP contribution < -0.4 is 9.47 Å². The summed E-state index contributed by atoms with van der Waals surface area (Å²) >= 11 is 0. The van der Waals surface area contributed by atoms with Crippen molar-refractivity contribution in [3.05, 3.63) is 95.3 Å². The zero-order valence-corrected chi connectivity index (χ0v) is 19.2. The number of fused-ring (bicyclic) bond motifs is 2. The monoisotopic (exact) mass is 516 g/mol. The van der Waals surface area contributed by atoms with Crippen LogP contribution >= 0.6 is 0 Å². The summed E-state index contributed by atoms with van der Waals surface area (Å²) in [6.45, 7) is 0. The first kappa shape index (κ1) is 24.4. The Kier molecular flexibility index (Phi) is 5.94. The third-order valence-electron chi connectivity index (χ3n) is 6.18. The molecule has 0 saturated carbocycles. The molecule has 37 heavy (non-hydrogen) atoms. The third-order valence-corrected chi connectivity index (χ3v) is 6.18. The van der Waals surface area contributed by atoms with Crippen LogP contribution in [0.25, 0.3) is 43.8 Å². The van der Waals surface area contributed by atoms with Gasteiger partial charge in [-0.1, -0.05) is 36.4 Å². The molecule has 0 aliphatic carbocycles. The van der Waals surface area contributed by atoms with Crippen molar-refractivity contribution < 1.29 is 40.2 Å². The highest BCUT2D eigenvalue weighted by Gasteiger charge is 2.31. The number of methoxy groups -OCH3 is 2. The van der Waals surface area contributed by atoms with E-state index in [1.807, 2.05) is 0 Å². The summed E-state index contributed by atoms with van der Waals surface area (Å²) in [5.74, 6) is -11.7. The standard InChI is InChI=1S/C28H15F7O2/c1-36-12-10-17(30)22(18(31)11-12)21-14-7-4-3-6-13(14)19(15-8-5-9-16(29)20(15)21)23-24(32)26(34)28(37-2)27(35)25(23)33/h3-11H,1-2H3. The molecule has 0 aliphatic heterocycles. The first-order chi connectivity index (χ1) is 17.7. The molecule has 0 saturated heterocycles. The van der Waals surface area contributed by atoms with E-state index in [1.54, 1.807) is 0 Å². The third kappa shape index (κ3) is 3.56. The summed E-state index contributed by atoms with van der Waals surface area (Å²) in [5, 5.41) is -0.694. The predicted octanol–water partition coefficient (Wildman–Crippen LogP) is 8.32. The number of hydrogen-bond donors (Lipinski definition) is 0. The van der Waals surface area contributed by atoms with Gasteiger partial charge in [-0.15, -0.1) is 0 Å². The predicted molar refractivity (Wildman–Crippen MR) is 125 cm³/mol. The van der Waals surface area contributed by atoms with Crippen LogP contribution in [-0.4, -0.2) is 14.2 Å². The molecule has 0 atom stereocenters. The first-order valence-electron chi connectivity index (χ1n) is 10.8. The molecule has 2 nitrogen and oxygen atoms in total. The van der Waals surface area contributed by atoms with Crippen molar-refractivity contribution in [3.63, 3.8) is 0 Å². The Balaban J connectivity index is 2.05. The van der Waals surface area contributed by atoms with Crippen LogP contribution in [0.4, 0.5) is 30.7 Å². The second-order valence-corrected chi connectivity index (χ2v) is 8.09. The normalized spacial score (nSPS) is 11.4. The van der Waals surface area contributed by atoms with E-state index in [-0.39, 0.29) is 27.5 Å². The molecule has 0 N–H and O–H groups in total. The molecule has 5 rings (SSSR count). The average Bonchev–Trinajstić information content (AvgIpc) is 2.88. The van der Waals surface area contributed by atoms with Crippen molar-refractivity contribution in [2.75, 3.05) is 14.2 Å². The molecule has 0 unspecified atom stereocenters. The zero-order chi connectivity index (χ0) is 26.6. The minimum atomic E-state index is -1.79. The van der Waals surface area contributed by atoms with Gasteiger partial charge in [0.1, 0.15) is 23.2 Å². The molecule has 0 bridgehead atoms. The number of rotatable bonds is 4. The molecule has 0 spiro atoms. The summed E-state index contributed by atoms with van der Waals surface area (Å²) < 4.78 is 115. The van der Waals surface area contributed by atoms with Gasteiger partial charge >= 0.3 is 0 Å². The van der Waals surface area contributed by atoms with Crippen LogP contribution in [0.15, 0.2) is 54.6 Å². The van der Waals surface area contributed by atoms with Gasteiger partial charge < -0.3 is 9.47 Å². The molecular weight excluding hydrogens is 501 g/mol. The number of halogens is 7. The maximum absolute atomic E-state index is 15.4. The fraction of sp³-hybridized carbons (Fsp3) is 0.0714. The highest BCUT2D eigenvalue weighted by molar-refractivity contribution is 6.21. The minimum Gasteiger partial charge on any atom is -0.497 e. The Bertz CT molecular complexity index is 1680. The fourth-order valence-electron chi connectivity index (χ4n) is 4.63. The van der Waals surface area contributed by atoms with Crippen LogP contribution in [0.5, 0.6) is 11.5 Å². The topological polar surface area (TPSA) is 18.5 Å². The Hall–Kier alpha value is -4.27. The van der Waals surface area contributed by atoms with E-state index in [0.717, 1.165) is 25.3 Å². The summed E-state index contributed by atoms with van der Waals surface area (Å²) in [4.78, 5) is 0. The first-order valence-corrected chi connectivity index (χ1v) is 10.8. The van der Waals surface area contributed by atoms with Crippen molar-refractivity contribution in [1.82, 2.24) is 0 Å². The minimum absolute atomic E-state index is 0.0199. The van der Waals surface area contributed by atoms with Gasteiger partial charge in [0.15, 0.2) is 17.4 Å². The Morgan fingerprint density at radius 2 is 1.03 bits per heavy atom. The van der Waals surface area contributed by atoms with Crippen molar-refractivity contribution in [2.45, 2.75) is 0 Å². The van der Waals surface area contributed by atoms with Crippen LogP contribution in [0.3, 0.4) is 0 Å². The molecule has 188 valence electrons. The molecule has 5 aromatic rings. The Morgan fingerprint density at radius 1 is 0.486 bits per heavy atom. The van der Waals surface area contributed by atoms with Crippen LogP contribution in [0.1, 0.15) is 0 Å². The molecule has 0 aliphatic rings. The molecule has 0 fully saturated rings. The lowest BCUT2D eigenvalue weighted by Gasteiger charge is -2.20. The summed E-state index contributed by atoms with van der Waals surface area (Å²) in [6.07, 6.45) is 0. The lowest BCUT2D eigenvalue weighted by Crippen LogP contribution is -2.05. The van der Waals surface area contributed by atoms with Crippen molar-refractivity contribution in [2.24, 2.45) is 0 Å². The molecule has 0 radical (unpaired) electrons. The van der Waals surface area contributed by atoms with Crippen molar-refractivity contribution >= 4 is 21.5 Å². The van der Waals surface area contributed by atoms with Gasteiger partial charge in [0.2, 0.25) is 11.6 Å². The lowest BCUT2D eigenvalue weighted by molar-refractivity contribution is 0.334. The van der Waals surface area contributed by atoms with E-state index in [4.69, 9.17) is 4.74 Å². The molecule has 0 aromatic heterocycles. The van der Waals surface area contributed by atoms with Gasteiger partial charge in [0.25, 0.3) is 0 Å². The second-order valence-electron chi connectivity index (χ2n) is 8.09. The Morgan fingerprint density at radius 3 is 1.57 bits per heavy atom. The van der Waals surface area contributed by atoms with Gasteiger partial charge in [-0.25, -0.2) is 22.0 Å². The molecule has 0 amide bonds. The van der Waals surface area contributed by atoms with E-state index < -0.39 is 68.5 Å². The van der Waals surface area contributed by atoms with E-state index in [1.165, 1.54) is 43.5 Å². The van der Waals surface area contributed by atoms with Crippen LogP contribution in [-0.2, 0) is 0 Å².